The third-order valence-electron chi connectivity index (χ3n) is 2.20. The van der Waals surface area contributed by atoms with Gasteiger partial charge in [-0.05, 0) is 17.5 Å². The summed E-state index contributed by atoms with van der Waals surface area (Å²) in [4.78, 5) is 10.9. The Balaban J connectivity index is 3.51. The smallest absolute Gasteiger partial charge is 0.177 e. The first kappa shape index (κ1) is 11.9. The maximum absolute atomic E-state index is 10.9. The second-order valence-electron chi connectivity index (χ2n) is 3.52. The van der Waals surface area contributed by atoms with Crippen LogP contribution in [0.2, 0.25) is 5.02 Å². The Morgan fingerprint density at radius 3 is 2.53 bits per heavy atom. The van der Waals surface area contributed by atoms with E-state index in [-0.39, 0.29) is 22.4 Å². The monoisotopic (exact) mass is 228 g/mol. The van der Waals surface area contributed by atoms with Gasteiger partial charge in [0.25, 0.3) is 0 Å². The molecule has 0 bridgehead atoms. The molecule has 0 amide bonds. The van der Waals surface area contributed by atoms with E-state index in [4.69, 9.17) is 16.3 Å². The fourth-order valence-corrected chi connectivity index (χ4v) is 1.91. The molecule has 1 rings (SSSR count). The van der Waals surface area contributed by atoms with Crippen molar-refractivity contribution in [2.75, 3.05) is 7.11 Å². The maximum atomic E-state index is 10.9. The van der Waals surface area contributed by atoms with Crippen LogP contribution in [0.15, 0.2) is 6.07 Å². The van der Waals surface area contributed by atoms with Crippen molar-refractivity contribution in [3.8, 4) is 11.5 Å². The van der Waals surface area contributed by atoms with Crippen LogP contribution in [-0.2, 0) is 0 Å². The molecule has 0 saturated carbocycles. The Morgan fingerprint density at radius 1 is 1.53 bits per heavy atom. The van der Waals surface area contributed by atoms with Gasteiger partial charge in [0.1, 0.15) is 0 Å². The zero-order valence-corrected chi connectivity index (χ0v) is 9.63. The Hall–Kier alpha value is -1.22. The van der Waals surface area contributed by atoms with Gasteiger partial charge in [-0.15, -0.1) is 0 Å². The standard InChI is InChI=1S/C11H13ClO3/c1-6(2)9-7(5-13)4-8(15-3)11(14)10(9)12/h4-6,14H,1-3H3. The average molecular weight is 229 g/mol. The highest BCUT2D eigenvalue weighted by molar-refractivity contribution is 6.33. The molecule has 0 aliphatic heterocycles. The number of hydrogen-bond donors (Lipinski definition) is 1. The molecule has 0 atom stereocenters. The second kappa shape index (κ2) is 4.53. The van der Waals surface area contributed by atoms with Crippen LogP contribution >= 0.6 is 11.6 Å². The van der Waals surface area contributed by atoms with Crippen molar-refractivity contribution in [1.82, 2.24) is 0 Å². The lowest BCUT2D eigenvalue weighted by atomic mass is 9.97. The first-order valence-electron chi connectivity index (χ1n) is 4.57. The Bertz CT molecular complexity index is 386. The molecule has 15 heavy (non-hydrogen) atoms. The van der Waals surface area contributed by atoms with Crippen LogP contribution in [0.4, 0.5) is 0 Å². The molecule has 3 nitrogen and oxygen atoms in total. The quantitative estimate of drug-likeness (QED) is 0.809. The van der Waals surface area contributed by atoms with Gasteiger partial charge in [-0.25, -0.2) is 0 Å². The molecular weight excluding hydrogens is 216 g/mol. The fraction of sp³-hybridized carbons (Fsp3) is 0.364. The van der Waals surface area contributed by atoms with E-state index in [1.54, 1.807) is 0 Å². The molecule has 1 N–H and O–H groups in total. The number of phenols is 1. The van der Waals surface area contributed by atoms with Gasteiger partial charge in [-0.1, -0.05) is 25.4 Å². The van der Waals surface area contributed by atoms with Crippen molar-refractivity contribution in [3.05, 3.63) is 22.2 Å². The number of ether oxygens (including phenoxy) is 1. The normalized spacial score (nSPS) is 10.5. The third-order valence-corrected chi connectivity index (χ3v) is 2.58. The van der Waals surface area contributed by atoms with Gasteiger partial charge >= 0.3 is 0 Å². The molecule has 0 fully saturated rings. The number of hydrogen-bond acceptors (Lipinski definition) is 3. The summed E-state index contributed by atoms with van der Waals surface area (Å²) < 4.78 is 4.91. The van der Waals surface area contributed by atoms with Crippen molar-refractivity contribution >= 4 is 17.9 Å². The number of benzene rings is 1. The van der Waals surface area contributed by atoms with E-state index in [0.29, 0.717) is 17.4 Å². The molecular formula is C11H13ClO3. The minimum Gasteiger partial charge on any atom is -0.503 e. The lowest BCUT2D eigenvalue weighted by Gasteiger charge is -2.14. The molecule has 82 valence electrons. The summed E-state index contributed by atoms with van der Waals surface area (Å²) in [7, 11) is 1.41. The van der Waals surface area contributed by atoms with E-state index in [9.17, 15) is 9.90 Å². The molecule has 1 aromatic rings. The lowest BCUT2D eigenvalue weighted by Crippen LogP contribution is -1.98. The van der Waals surface area contributed by atoms with Crippen LogP contribution in [0.3, 0.4) is 0 Å². The Labute approximate surface area is 93.6 Å². The van der Waals surface area contributed by atoms with Crippen LogP contribution in [0.5, 0.6) is 11.5 Å². The number of carbonyl (C=O) groups is 1. The highest BCUT2D eigenvalue weighted by atomic mass is 35.5. The summed E-state index contributed by atoms with van der Waals surface area (Å²) >= 11 is 5.97. The van der Waals surface area contributed by atoms with Crippen LogP contribution in [0.1, 0.15) is 35.7 Å². The summed E-state index contributed by atoms with van der Waals surface area (Å²) in [5.41, 5.74) is 1.09. The lowest BCUT2D eigenvalue weighted by molar-refractivity contribution is 0.112. The largest absolute Gasteiger partial charge is 0.503 e. The fourth-order valence-electron chi connectivity index (χ4n) is 1.49. The van der Waals surface area contributed by atoms with Gasteiger partial charge in [-0.3, -0.25) is 4.79 Å². The molecule has 0 unspecified atom stereocenters. The van der Waals surface area contributed by atoms with Gasteiger partial charge in [0, 0.05) is 5.56 Å². The zero-order chi connectivity index (χ0) is 11.6. The van der Waals surface area contributed by atoms with E-state index in [2.05, 4.69) is 0 Å². The van der Waals surface area contributed by atoms with Gasteiger partial charge in [-0.2, -0.15) is 0 Å². The van der Waals surface area contributed by atoms with Gasteiger partial charge in [0.15, 0.2) is 17.8 Å². The number of halogens is 1. The minimum absolute atomic E-state index is 0.0644. The Morgan fingerprint density at radius 2 is 2.13 bits per heavy atom. The number of carbonyl (C=O) groups excluding carboxylic acids is 1. The molecule has 0 aliphatic carbocycles. The van der Waals surface area contributed by atoms with Crippen molar-refractivity contribution < 1.29 is 14.6 Å². The van der Waals surface area contributed by atoms with E-state index in [1.165, 1.54) is 13.2 Å². The summed E-state index contributed by atoms with van der Waals surface area (Å²) in [6.45, 7) is 3.81. The topological polar surface area (TPSA) is 46.5 Å². The summed E-state index contributed by atoms with van der Waals surface area (Å²) in [6.07, 6.45) is 0.711. The van der Waals surface area contributed by atoms with Crippen molar-refractivity contribution in [2.24, 2.45) is 0 Å². The van der Waals surface area contributed by atoms with E-state index in [1.807, 2.05) is 13.8 Å². The van der Waals surface area contributed by atoms with E-state index < -0.39 is 0 Å². The predicted molar refractivity (Wildman–Crippen MR) is 59.1 cm³/mol. The first-order valence-corrected chi connectivity index (χ1v) is 4.95. The average Bonchev–Trinajstić information content (AvgIpc) is 2.20. The van der Waals surface area contributed by atoms with Crippen LogP contribution in [0, 0.1) is 0 Å². The number of aldehydes is 1. The summed E-state index contributed by atoms with van der Waals surface area (Å²) in [5, 5.41) is 9.86. The predicted octanol–water partition coefficient (Wildman–Crippen LogP) is 2.99. The number of aromatic hydroxyl groups is 1. The molecule has 0 aliphatic rings. The van der Waals surface area contributed by atoms with Crippen LogP contribution in [0.25, 0.3) is 0 Å². The highest BCUT2D eigenvalue weighted by Gasteiger charge is 2.18. The van der Waals surface area contributed by atoms with E-state index in [0.717, 1.165) is 0 Å². The molecule has 0 aromatic heterocycles. The highest BCUT2D eigenvalue weighted by Crippen LogP contribution is 2.41. The van der Waals surface area contributed by atoms with Crippen LogP contribution < -0.4 is 4.74 Å². The van der Waals surface area contributed by atoms with E-state index >= 15 is 0 Å². The first-order chi connectivity index (χ1) is 7.02. The van der Waals surface area contributed by atoms with Gasteiger partial charge in [0.2, 0.25) is 0 Å². The van der Waals surface area contributed by atoms with Crippen molar-refractivity contribution in [2.45, 2.75) is 19.8 Å². The van der Waals surface area contributed by atoms with Crippen LogP contribution in [-0.4, -0.2) is 18.5 Å². The molecule has 0 heterocycles. The number of rotatable bonds is 3. The molecule has 1 aromatic carbocycles. The molecule has 0 spiro atoms. The van der Waals surface area contributed by atoms with Gasteiger partial charge < -0.3 is 9.84 Å². The zero-order valence-electron chi connectivity index (χ0n) is 8.87. The molecule has 0 saturated heterocycles. The maximum Gasteiger partial charge on any atom is 0.177 e. The third kappa shape index (κ3) is 2.07. The number of phenolic OH excluding ortho intramolecular Hbond substituents is 1. The summed E-state index contributed by atoms with van der Waals surface area (Å²) in [5.74, 6) is 0.162. The summed E-state index contributed by atoms with van der Waals surface area (Å²) in [6, 6.07) is 1.49. The number of methoxy groups -OCH3 is 1. The second-order valence-corrected chi connectivity index (χ2v) is 3.89. The van der Waals surface area contributed by atoms with Crippen molar-refractivity contribution in [1.29, 1.82) is 0 Å². The minimum atomic E-state index is -0.117. The van der Waals surface area contributed by atoms with Gasteiger partial charge in [0.05, 0.1) is 12.1 Å². The SMILES string of the molecule is COc1cc(C=O)c(C(C)C)c(Cl)c1O. The molecule has 0 radical (unpaired) electrons. The Kier molecular flexibility index (Phi) is 3.58. The molecule has 4 heteroatoms. The van der Waals surface area contributed by atoms with Crippen molar-refractivity contribution in [3.63, 3.8) is 0 Å².